The van der Waals surface area contributed by atoms with Crippen molar-refractivity contribution in [3.05, 3.63) is 72.1 Å². The van der Waals surface area contributed by atoms with Crippen LogP contribution in [0.15, 0.2) is 65.1 Å². The normalized spacial score (nSPS) is 11.5. The van der Waals surface area contributed by atoms with Gasteiger partial charge in [0.2, 0.25) is 11.8 Å². The molecule has 1 heterocycles. The summed E-state index contributed by atoms with van der Waals surface area (Å²) in [7, 11) is 0. The summed E-state index contributed by atoms with van der Waals surface area (Å²) in [5, 5.41) is 8.38. The molecule has 0 aliphatic heterocycles. The highest BCUT2D eigenvalue weighted by molar-refractivity contribution is 7.98. The number of benzene rings is 2. The summed E-state index contributed by atoms with van der Waals surface area (Å²) in [6.45, 7) is 8.59. The van der Waals surface area contributed by atoms with Gasteiger partial charge in [0.1, 0.15) is 5.75 Å². The van der Waals surface area contributed by atoms with E-state index in [0.717, 1.165) is 36.6 Å². The first-order valence-corrected chi connectivity index (χ1v) is 13.0. The summed E-state index contributed by atoms with van der Waals surface area (Å²) in [6, 6.07) is 18.1. The Morgan fingerprint density at radius 3 is 2.52 bits per heavy atom. The number of hydrogen-bond donors (Lipinski definition) is 0. The summed E-state index contributed by atoms with van der Waals surface area (Å²) in [5.74, 6) is 3.65. The van der Waals surface area contributed by atoms with Gasteiger partial charge in [-0.1, -0.05) is 56.3 Å². The molecule has 0 aliphatic carbocycles. The second kappa shape index (κ2) is 14.6. The molecular weight excluding hydrogens is 430 g/mol. The number of unbranched alkanes of at least 4 members (excludes halogenated alkanes) is 2. The molecule has 0 N–H and O–H groups in total. The van der Waals surface area contributed by atoms with Gasteiger partial charge in [-0.2, -0.15) is 0 Å². The van der Waals surface area contributed by atoms with Crippen LogP contribution in [0, 0.1) is 0 Å². The van der Waals surface area contributed by atoms with Crippen molar-refractivity contribution >= 4 is 17.8 Å². The Labute approximate surface area is 202 Å². The fraction of sp³-hybridized carbons (Fsp3) is 0.407. The van der Waals surface area contributed by atoms with Gasteiger partial charge in [0.25, 0.3) is 0 Å². The second-order valence-electron chi connectivity index (χ2n) is 7.76. The third-order valence-electron chi connectivity index (χ3n) is 5.39. The van der Waals surface area contributed by atoms with Gasteiger partial charge in [0, 0.05) is 11.3 Å². The number of nitrogens with zero attached hydrogens (tertiary/aromatic N) is 3. The lowest BCUT2D eigenvalue weighted by Gasteiger charge is -2.17. The Kier molecular flexibility index (Phi) is 11.1. The van der Waals surface area contributed by atoms with Crippen LogP contribution in [-0.2, 0) is 5.75 Å². The van der Waals surface area contributed by atoms with E-state index in [1.165, 1.54) is 24.9 Å². The van der Waals surface area contributed by atoms with Crippen molar-refractivity contribution in [2.45, 2.75) is 38.9 Å². The van der Waals surface area contributed by atoms with E-state index >= 15 is 0 Å². The molecule has 0 unspecified atom stereocenters. The van der Waals surface area contributed by atoms with Crippen molar-refractivity contribution in [3.8, 4) is 17.2 Å². The molecule has 0 aliphatic rings. The molecule has 2 aromatic carbocycles. The minimum absolute atomic E-state index is 0.568. The highest BCUT2D eigenvalue weighted by Gasteiger charge is 2.08. The summed E-state index contributed by atoms with van der Waals surface area (Å²) < 4.78 is 11.5. The first-order chi connectivity index (χ1) is 16.3. The first kappa shape index (κ1) is 25.1. The van der Waals surface area contributed by atoms with Gasteiger partial charge in [0.15, 0.2) is 0 Å². The fourth-order valence-corrected chi connectivity index (χ4v) is 4.05. The van der Waals surface area contributed by atoms with Crippen molar-refractivity contribution in [2.24, 2.45) is 0 Å². The van der Waals surface area contributed by atoms with Crippen LogP contribution in [0.3, 0.4) is 0 Å². The number of hydrogen-bond acceptors (Lipinski definition) is 6. The van der Waals surface area contributed by atoms with E-state index < -0.39 is 0 Å². The van der Waals surface area contributed by atoms with Crippen LogP contribution in [0.1, 0.15) is 44.6 Å². The van der Waals surface area contributed by atoms with Gasteiger partial charge in [-0.25, -0.2) is 0 Å². The van der Waals surface area contributed by atoms with E-state index in [1.807, 2.05) is 42.5 Å². The standard InChI is InChI=1S/C27H35N3O2S/c1-3-30(4-2)19-11-6-5-8-12-23-15-17-24(18-16-23)27-29-28-26(32-27)22-33-21-20-31-25-13-9-7-10-14-25/h7-10,12-18H,3-6,11,19-22H2,1-2H3/b12-8+. The molecule has 0 amide bonds. The van der Waals surface area contributed by atoms with E-state index in [4.69, 9.17) is 9.15 Å². The van der Waals surface area contributed by atoms with Crippen LogP contribution in [0.2, 0.25) is 0 Å². The van der Waals surface area contributed by atoms with Crippen LogP contribution in [-0.4, -0.2) is 47.1 Å². The van der Waals surface area contributed by atoms with E-state index in [1.54, 1.807) is 11.8 Å². The van der Waals surface area contributed by atoms with Crippen molar-refractivity contribution in [1.29, 1.82) is 0 Å². The molecule has 3 aromatic rings. The smallest absolute Gasteiger partial charge is 0.247 e. The van der Waals surface area contributed by atoms with Crippen LogP contribution >= 0.6 is 11.8 Å². The Hall–Kier alpha value is -2.57. The zero-order chi connectivity index (χ0) is 23.1. The maximum absolute atomic E-state index is 5.83. The third-order valence-corrected chi connectivity index (χ3v) is 6.30. The number of rotatable bonds is 15. The largest absolute Gasteiger partial charge is 0.493 e. The molecule has 5 nitrogen and oxygen atoms in total. The Morgan fingerprint density at radius 2 is 1.76 bits per heavy atom. The molecule has 0 fully saturated rings. The molecule has 0 radical (unpaired) electrons. The lowest BCUT2D eigenvalue weighted by atomic mass is 10.1. The minimum atomic E-state index is 0.568. The topological polar surface area (TPSA) is 51.4 Å². The molecule has 1 aromatic heterocycles. The quantitative estimate of drug-likeness (QED) is 0.237. The van der Waals surface area contributed by atoms with Gasteiger partial charge in [-0.05, 0) is 68.7 Å². The fourth-order valence-electron chi connectivity index (χ4n) is 3.42. The van der Waals surface area contributed by atoms with E-state index in [2.05, 4.69) is 53.2 Å². The number of para-hydroxylation sites is 1. The Bertz CT molecular complexity index is 938. The minimum Gasteiger partial charge on any atom is -0.493 e. The third kappa shape index (κ3) is 9.06. The molecule has 33 heavy (non-hydrogen) atoms. The second-order valence-corrected chi connectivity index (χ2v) is 8.87. The maximum Gasteiger partial charge on any atom is 0.247 e. The highest BCUT2D eigenvalue weighted by atomic mass is 32.2. The summed E-state index contributed by atoms with van der Waals surface area (Å²) in [6.07, 6.45) is 8.05. The molecule has 0 saturated heterocycles. The Morgan fingerprint density at radius 1 is 0.970 bits per heavy atom. The van der Waals surface area contributed by atoms with E-state index in [9.17, 15) is 0 Å². The maximum atomic E-state index is 5.83. The van der Waals surface area contributed by atoms with Gasteiger partial charge in [-0.3, -0.25) is 0 Å². The van der Waals surface area contributed by atoms with Crippen molar-refractivity contribution in [3.63, 3.8) is 0 Å². The SMILES string of the molecule is CCN(CC)CCCC/C=C/c1ccc(-c2nnc(CSCCOc3ccccc3)o2)cc1. The molecule has 0 saturated carbocycles. The van der Waals surface area contributed by atoms with Crippen LogP contribution in [0.5, 0.6) is 5.75 Å². The summed E-state index contributed by atoms with van der Waals surface area (Å²) in [5.41, 5.74) is 2.14. The molecule has 0 atom stereocenters. The monoisotopic (exact) mass is 465 g/mol. The number of allylic oxidation sites excluding steroid dienone is 1. The molecule has 0 bridgehead atoms. The molecule has 176 valence electrons. The molecule has 3 rings (SSSR count). The van der Waals surface area contributed by atoms with Crippen molar-refractivity contribution < 1.29 is 9.15 Å². The van der Waals surface area contributed by atoms with Crippen LogP contribution in [0.25, 0.3) is 17.5 Å². The van der Waals surface area contributed by atoms with Gasteiger partial charge in [-0.15, -0.1) is 22.0 Å². The van der Waals surface area contributed by atoms with Gasteiger partial charge in [0.05, 0.1) is 12.4 Å². The average Bonchev–Trinajstić information content (AvgIpc) is 3.33. The van der Waals surface area contributed by atoms with Crippen LogP contribution in [0.4, 0.5) is 0 Å². The number of ether oxygens (including phenoxy) is 1. The summed E-state index contributed by atoms with van der Waals surface area (Å²) >= 11 is 1.72. The van der Waals surface area contributed by atoms with Crippen LogP contribution < -0.4 is 4.74 Å². The highest BCUT2D eigenvalue weighted by Crippen LogP contribution is 2.21. The van der Waals surface area contributed by atoms with Gasteiger partial charge >= 0.3 is 0 Å². The zero-order valence-corrected chi connectivity index (χ0v) is 20.6. The van der Waals surface area contributed by atoms with Crippen molar-refractivity contribution in [2.75, 3.05) is 32.0 Å². The average molecular weight is 466 g/mol. The zero-order valence-electron chi connectivity index (χ0n) is 19.8. The molecular formula is C27H35N3O2S. The van der Waals surface area contributed by atoms with E-state index in [-0.39, 0.29) is 0 Å². The predicted molar refractivity (Wildman–Crippen MR) is 139 cm³/mol. The lowest BCUT2D eigenvalue weighted by Crippen LogP contribution is -2.23. The van der Waals surface area contributed by atoms with Gasteiger partial charge < -0.3 is 14.1 Å². The first-order valence-electron chi connectivity index (χ1n) is 11.9. The predicted octanol–water partition coefficient (Wildman–Crippen LogP) is 6.57. The number of thioether (sulfide) groups is 1. The molecule has 6 heteroatoms. The van der Waals surface area contributed by atoms with E-state index in [0.29, 0.717) is 24.1 Å². The summed E-state index contributed by atoms with van der Waals surface area (Å²) in [4.78, 5) is 2.48. The lowest BCUT2D eigenvalue weighted by molar-refractivity contribution is 0.297. The Balaban J connectivity index is 1.35. The molecule has 0 spiro atoms. The number of aromatic nitrogens is 2. The van der Waals surface area contributed by atoms with Crippen molar-refractivity contribution in [1.82, 2.24) is 15.1 Å².